The molecule has 144 valence electrons. The average molecular weight is 368 g/mol. The fourth-order valence-corrected chi connectivity index (χ4v) is 2.55. The molecule has 27 heavy (non-hydrogen) atoms. The largest absolute Gasteiger partial charge is 0.483 e. The van der Waals surface area contributed by atoms with Crippen LogP contribution in [0.25, 0.3) is 0 Å². The van der Waals surface area contributed by atoms with Crippen LogP contribution in [0.2, 0.25) is 0 Å². The number of benzene rings is 2. The maximum Gasteiger partial charge on any atom is 0.258 e. The Morgan fingerprint density at radius 1 is 1.07 bits per heavy atom. The standard InChI is InChI=1S/C22H28N2O3/c1-15(2)19-9-6-16(3)20(12-19)27-14-21(25)23-13-17-7-10-18(11-8-17)22(26)24(4)5/h6-12,15H,13-14H2,1-5H3,(H,23,25). The van der Waals surface area contributed by atoms with Gasteiger partial charge in [-0.1, -0.05) is 38.1 Å². The van der Waals surface area contributed by atoms with Gasteiger partial charge in [-0.05, 0) is 47.7 Å². The molecule has 2 amide bonds. The molecule has 1 N–H and O–H groups in total. The number of carbonyl (C=O) groups is 2. The van der Waals surface area contributed by atoms with Crippen LogP contribution in [0, 0.1) is 6.92 Å². The molecule has 2 rings (SSSR count). The molecule has 0 saturated carbocycles. The summed E-state index contributed by atoms with van der Waals surface area (Å²) in [6.45, 7) is 6.58. The monoisotopic (exact) mass is 368 g/mol. The Balaban J connectivity index is 1.86. The second kappa shape index (κ2) is 9.21. The third-order valence-corrected chi connectivity index (χ3v) is 4.33. The number of aryl methyl sites for hydroxylation is 1. The molecule has 0 atom stereocenters. The zero-order chi connectivity index (χ0) is 20.0. The van der Waals surface area contributed by atoms with Gasteiger partial charge >= 0.3 is 0 Å². The quantitative estimate of drug-likeness (QED) is 0.813. The molecule has 2 aromatic carbocycles. The van der Waals surface area contributed by atoms with E-state index in [1.165, 1.54) is 10.5 Å². The molecule has 0 spiro atoms. The van der Waals surface area contributed by atoms with Crippen molar-refractivity contribution in [1.29, 1.82) is 0 Å². The number of amides is 2. The molecular weight excluding hydrogens is 340 g/mol. The average Bonchev–Trinajstić information content (AvgIpc) is 2.65. The fraction of sp³-hybridized carbons (Fsp3) is 0.364. The van der Waals surface area contributed by atoms with Gasteiger partial charge in [0.25, 0.3) is 11.8 Å². The number of nitrogens with zero attached hydrogens (tertiary/aromatic N) is 1. The van der Waals surface area contributed by atoms with Gasteiger partial charge < -0.3 is 15.0 Å². The lowest BCUT2D eigenvalue weighted by Crippen LogP contribution is -2.28. The smallest absolute Gasteiger partial charge is 0.258 e. The fourth-order valence-electron chi connectivity index (χ4n) is 2.55. The van der Waals surface area contributed by atoms with Gasteiger partial charge in [-0.25, -0.2) is 0 Å². The zero-order valence-corrected chi connectivity index (χ0v) is 16.7. The van der Waals surface area contributed by atoms with Crippen molar-refractivity contribution < 1.29 is 14.3 Å². The molecule has 0 aliphatic heterocycles. The summed E-state index contributed by atoms with van der Waals surface area (Å²) in [5.41, 5.74) is 3.74. The first kappa shape index (κ1) is 20.5. The van der Waals surface area contributed by atoms with E-state index in [4.69, 9.17) is 4.74 Å². The molecule has 2 aromatic rings. The minimum atomic E-state index is -0.183. The maximum absolute atomic E-state index is 12.1. The van der Waals surface area contributed by atoms with Gasteiger partial charge in [-0.15, -0.1) is 0 Å². The molecule has 0 unspecified atom stereocenters. The van der Waals surface area contributed by atoms with Crippen LogP contribution in [0.1, 0.15) is 46.8 Å². The van der Waals surface area contributed by atoms with E-state index in [1.807, 2.05) is 31.2 Å². The van der Waals surface area contributed by atoms with Crippen LogP contribution in [0.15, 0.2) is 42.5 Å². The molecular formula is C22H28N2O3. The summed E-state index contributed by atoms with van der Waals surface area (Å²) in [5, 5.41) is 2.84. The number of hydrogen-bond acceptors (Lipinski definition) is 3. The van der Waals surface area contributed by atoms with Crippen molar-refractivity contribution in [3.63, 3.8) is 0 Å². The molecule has 5 heteroatoms. The van der Waals surface area contributed by atoms with Crippen LogP contribution in [0.5, 0.6) is 5.75 Å². The Kier molecular flexibility index (Phi) is 6.99. The maximum atomic E-state index is 12.1. The first-order valence-electron chi connectivity index (χ1n) is 9.08. The number of ether oxygens (including phenoxy) is 1. The lowest BCUT2D eigenvalue weighted by atomic mass is 10.0. The second-order valence-electron chi connectivity index (χ2n) is 7.14. The van der Waals surface area contributed by atoms with Crippen molar-refractivity contribution in [3.05, 3.63) is 64.7 Å². The van der Waals surface area contributed by atoms with Crippen molar-refractivity contribution in [1.82, 2.24) is 10.2 Å². The first-order chi connectivity index (χ1) is 12.8. The SMILES string of the molecule is Cc1ccc(C(C)C)cc1OCC(=O)NCc1ccc(C(=O)N(C)C)cc1. The third kappa shape index (κ3) is 5.84. The summed E-state index contributed by atoms with van der Waals surface area (Å²) < 4.78 is 5.69. The lowest BCUT2D eigenvalue weighted by molar-refractivity contribution is -0.123. The summed E-state index contributed by atoms with van der Waals surface area (Å²) in [6, 6.07) is 13.3. The highest BCUT2D eigenvalue weighted by atomic mass is 16.5. The minimum Gasteiger partial charge on any atom is -0.483 e. The predicted octanol–water partition coefficient (Wildman–Crippen LogP) is 3.52. The highest BCUT2D eigenvalue weighted by molar-refractivity contribution is 5.93. The molecule has 0 aliphatic rings. The lowest BCUT2D eigenvalue weighted by Gasteiger charge is -2.13. The van der Waals surface area contributed by atoms with E-state index in [0.29, 0.717) is 18.0 Å². The van der Waals surface area contributed by atoms with E-state index in [-0.39, 0.29) is 18.4 Å². The van der Waals surface area contributed by atoms with Crippen LogP contribution in [0.3, 0.4) is 0 Å². The Bertz CT molecular complexity index is 796. The number of hydrogen-bond donors (Lipinski definition) is 1. The molecule has 0 radical (unpaired) electrons. The van der Waals surface area contributed by atoms with Crippen LogP contribution in [-0.4, -0.2) is 37.4 Å². The normalized spacial score (nSPS) is 10.6. The van der Waals surface area contributed by atoms with Gasteiger partial charge in [0.2, 0.25) is 0 Å². The van der Waals surface area contributed by atoms with Crippen molar-refractivity contribution >= 4 is 11.8 Å². The van der Waals surface area contributed by atoms with Crippen molar-refractivity contribution in [2.45, 2.75) is 33.2 Å². The Morgan fingerprint density at radius 3 is 2.33 bits per heavy atom. The highest BCUT2D eigenvalue weighted by Crippen LogP contribution is 2.24. The summed E-state index contributed by atoms with van der Waals surface area (Å²) in [7, 11) is 3.43. The molecule has 0 aliphatic carbocycles. The molecule has 5 nitrogen and oxygen atoms in total. The summed E-state index contributed by atoms with van der Waals surface area (Å²) >= 11 is 0. The topological polar surface area (TPSA) is 58.6 Å². The molecule has 0 saturated heterocycles. The number of carbonyl (C=O) groups excluding carboxylic acids is 2. The van der Waals surface area contributed by atoms with Crippen molar-refractivity contribution in [2.75, 3.05) is 20.7 Å². The van der Waals surface area contributed by atoms with Gasteiger partial charge in [0.15, 0.2) is 6.61 Å². The van der Waals surface area contributed by atoms with Gasteiger partial charge in [0.05, 0.1) is 0 Å². The van der Waals surface area contributed by atoms with Crippen LogP contribution in [-0.2, 0) is 11.3 Å². The summed E-state index contributed by atoms with van der Waals surface area (Å²) in [5.74, 6) is 0.919. The Labute approximate surface area is 161 Å². The van der Waals surface area contributed by atoms with E-state index < -0.39 is 0 Å². The Morgan fingerprint density at radius 2 is 1.74 bits per heavy atom. The van der Waals surface area contributed by atoms with Crippen LogP contribution in [0.4, 0.5) is 0 Å². The van der Waals surface area contributed by atoms with Crippen molar-refractivity contribution in [2.24, 2.45) is 0 Å². The summed E-state index contributed by atoms with van der Waals surface area (Å²) in [4.78, 5) is 25.5. The van der Waals surface area contributed by atoms with E-state index >= 15 is 0 Å². The number of nitrogens with one attached hydrogen (secondary N) is 1. The van der Waals surface area contributed by atoms with Gasteiger partial charge in [0, 0.05) is 26.2 Å². The molecule has 0 aromatic heterocycles. The van der Waals surface area contributed by atoms with Crippen LogP contribution < -0.4 is 10.1 Å². The van der Waals surface area contributed by atoms with E-state index in [2.05, 4.69) is 25.2 Å². The van der Waals surface area contributed by atoms with Gasteiger partial charge in [0.1, 0.15) is 5.75 Å². The predicted molar refractivity (Wildman–Crippen MR) is 107 cm³/mol. The summed E-state index contributed by atoms with van der Waals surface area (Å²) in [6.07, 6.45) is 0. The van der Waals surface area contributed by atoms with E-state index in [9.17, 15) is 9.59 Å². The second-order valence-corrected chi connectivity index (χ2v) is 7.14. The molecule has 0 fully saturated rings. The first-order valence-corrected chi connectivity index (χ1v) is 9.08. The van der Waals surface area contributed by atoms with Gasteiger partial charge in [-0.2, -0.15) is 0 Å². The molecule has 0 bridgehead atoms. The molecule has 0 heterocycles. The Hall–Kier alpha value is -2.82. The van der Waals surface area contributed by atoms with E-state index in [1.54, 1.807) is 26.2 Å². The highest BCUT2D eigenvalue weighted by Gasteiger charge is 2.09. The van der Waals surface area contributed by atoms with Gasteiger partial charge in [-0.3, -0.25) is 9.59 Å². The number of rotatable bonds is 7. The van der Waals surface area contributed by atoms with Crippen molar-refractivity contribution in [3.8, 4) is 5.75 Å². The zero-order valence-electron chi connectivity index (χ0n) is 16.7. The third-order valence-electron chi connectivity index (χ3n) is 4.33. The van der Waals surface area contributed by atoms with E-state index in [0.717, 1.165) is 16.9 Å². The van der Waals surface area contributed by atoms with Crippen LogP contribution >= 0.6 is 0 Å². The minimum absolute atomic E-state index is 0.0282.